The first-order chi connectivity index (χ1) is 16.1. The van der Waals surface area contributed by atoms with Crippen LogP contribution in [0, 0.1) is 0 Å². The second kappa shape index (κ2) is 10.6. The van der Waals surface area contributed by atoms with Crippen molar-refractivity contribution < 1.29 is 23.8 Å². The molecule has 0 atom stereocenters. The number of halogens is 1. The van der Waals surface area contributed by atoms with Crippen LogP contribution >= 0.6 is 15.9 Å². The third-order valence-electron chi connectivity index (χ3n) is 4.65. The molecule has 2 N–H and O–H groups in total. The smallest absolute Gasteiger partial charge is 0.259 e. The Bertz CT molecular complexity index is 1180. The van der Waals surface area contributed by atoms with Gasteiger partial charge in [-0.1, -0.05) is 46.3 Å². The van der Waals surface area contributed by atoms with Gasteiger partial charge in [-0.25, -0.2) is 5.43 Å². The molecule has 168 valence electrons. The quantitative estimate of drug-likeness (QED) is 0.356. The molecule has 0 saturated carbocycles. The molecule has 1 aliphatic rings. The number of fused-ring (bicyclic) bond motifs is 1. The van der Waals surface area contributed by atoms with Crippen LogP contribution in [0.5, 0.6) is 17.2 Å². The largest absolute Gasteiger partial charge is 0.488 e. The van der Waals surface area contributed by atoms with Crippen LogP contribution in [0.25, 0.3) is 0 Å². The van der Waals surface area contributed by atoms with E-state index in [0.717, 1.165) is 10.0 Å². The average Bonchev–Trinajstić information content (AvgIpc) is 3.31. The maximum absolute atomic E-state index is 12.3. The predicted octanol–water partition coefficient (Wildman–Crippen LogP) is 3.64. The number of hydrazone groups is 1. The molecular weight excluding hydrogens is 490 g/mol. The van der Waals surface area contributed by atoms with Crippen LogP contribution in [0.15, 0.2) is 76.3 Å². The summed E-state index contributed by atoms with van der Waals surface area (Å²) in [5.74, 6) is 0.823. The zero-order valence-corrected chi connectivity index (χ0v) is 19.0. The van der Waals surface area contributed by atoms with Crippen molar-refractivity contribution in [3.05, 3.63) is 87.9 Å². The number of nitrogens with zero attached hydrogens (tertiary/aromatic N) is 1. The van der Waals surface area contributed by atoms with E-state index in [-0.39, 0.29) is 13.3 Å². The number of hydrogen-bond donors (Lipinski definition) is 2. The Kier molecular flexibility index (Phi) is 7.21. The molecule has 2 amide bonds. The molecule has 0 saturated heterocycles. The maximum Gasteiger partial charge on any atom is 0.259 e. The monoisotopic (exact) mass is 509 g/mol. The number of benzene rings is 3. The Labute approximate surface area is 198 Å². The molecule has 8 nitrogen and oxygen atoms in total. The molecule has 0 fully saturated rings. The van der Waals surface area contributed by atoms with Crippen LogP contribution in [-0.2, 0) is 11.4 Å². The fourth-order valence-corrected chi connectivity index (χ4v) is 3.38. The van der Waals surface area contributed by atoms with Gasteiger partial charge < -0.3 is 19.5 Å². The van der Waals surface area contributed by atoms with Gasteiger partial charge in [0.15, 0.2) is 11.5 Å². The number of carbonyl (C=O) groups excluding carboxylic acids is 2. The van der Waals surface area contributed by atoms with E-state index in [0.29, 0.717) is 35.0 Å². The Morgan fingerprint density at radius 2 is 1.85 bits per heavy atom. The van der Waals surface area contributed by atoms with Crippen molar-refractivity contribution >= 4 is 34.0 Å². The highest BCUT2D eigenvalue weighted by Gasteiger charge is 2.16. The number of carbonyl (C=O) groups is 2. The summed E-state index contributed by atoms with van der Waals surface area (Å²) in [6, 6.07) is 20.1. The van der Waals surface area contributed by atoms with Crippen molar-refractivity contribution in [3.63, 3.8) is 0 Å². The normalized spacial score (nSPS) is 11.9. The standard InChI is InChI=1S/C24H20BrN3O5/c25-19-7-9-20(31-14-16-4-2-1-3-5-16)18(10-19)12-27-28-23(29)13-26-24(30)17-6-8-21-22(11-17)33-15-32-21/h1-12H,13-15H2,(H,26,30)(H,28,29)/b27-12-. The lowest BCUT2D eigenvalue weighted by molar-refractivity contribution is -0.120. The number of nitrogens with one attached hydrogen (secondary N) is 2. The third-order valence-corrected chi connectivity index (χ3v) is 5.14. The second-order valence-corrected chi connectivity index (χ2v) is 7.92. The lowest BCUT2D eigenvalue weighted by Crippen LogP contribution is -2.34. The molecule has 0 spiro atoms. The number of hydrogen-bond acceptors (Lipinski definition) is 6. The van der Waals surface area contributed by atoms with Crippen LogP contribution in [0.4, 0.5) is 0 Å². The van der Waals surface area contributed by atoms with Crippen molar-refractivity contribution in [2.75, 3.05) is 13.3 Å². The summed E-state index contributed by atoms with van der Waals surface area (Å²) < 4.78 is 17.2. The number of ether oxygens (including phenoxy) is 3. The molecule has 0 bridgehead atoms. The van der Waals surface area contributed by atoms with Crippen molar-refractivity contribution in [2.24, 2.45) is 5.10 Å². The summed E-state index contributed by atoms with van der Waals surface area (Å²) in [6.45, 7) is 0.292. The Morgan fingerprint density at radius 3 is 2.70 bits per heavy atom. The van der Waals surface area contributed by atoms with E-state index in [1.54, 1.807) is 18.2 Å². The van der Waals surface area contributed by atoms with Gasteiger partial charge in [0.1, 0.15) is 12.4 Å². The van der Waals surface area contributed by atoms with Crippen LogP contribution in [0.2, 0.25) is 0 Å². The van der Waals surface area contributed by atoms with Gasteiger partial charge in [-0.15, -0.1) is 0 Å². The van der Waals surface area contributed by atoms with Gasteiger partial charge in [0.25, 0.3) is 11.8 Å². The Morgan fingerprint density at radius 1 is 1.03 bits per heavy atom. The summed E-state index contributed by atoms with van der Waals surface area (Å²) in [4.78, 5) is 24.4. The first-order valence-corrected chi connectivity index (χ1v) is 10.8. The lowest BCUT2D eigenvalue weighted by atomic mass is 10.2. The molecule has 3 aromatic rings. The van der Waals surface area contributed by atoms with Crippen molar-refractivity contribution in [1.29, 1.82) is 0 Å². The predicted molar refractivity (Wildman–Crippen MR) is 126 cm³/mol. The summed E-state index contributed by atoms with van der Waals surface area (Å²) in [6.07, 6.45) is 1.49. The van der Waals surface area contributed by atoms with Gasteiger partial charge >= 0.3 is 0 Å². The molecule has 9 heteroatoms. The first kappa shape index (κ1) is 22.3. The van der Waals surface area contributed by atoms with E-state index in [1.807, 2.05) is 48.5 Å². The van der Waals surface area contributed by atoms with E-state index >= 15 is 0 Å². The summed E-state index contributed by atoms with van der Waals surface area (Å²) in [7, 11) is 0. The van der Waals surface area contributed by atoms with E-state index in [4.69, 9.17) is 14.2 Å². The highest BCUT2D eigenvalue weighted by Crippen LogP contribution is 2.32. The molecule has 0 aliphatic carbocycles. The third kappa shape index (κ3) is 6.11. The van der Waals surface area contributed by atoms with Crippen LogP contribution in [-0.4, -0.2) is 31.4 Å². The van der Waals surface area contributed by atoms with E-state index in [1.165, 1.54) is 6.21 Å². The zero-order valence-electron chi connectivity index (χ0n) is 17.4. The SMILES string of the molecule is O=C(CNC(=O)c1ccc2c(c1)OCO2)N/N=C\c1cc(Br)ccc1OCc1ccccc1. The number of amides is 2. The van der Waals surface area contributed by atoms with Gasteiger partial charge in [0.05, 0.1) is 12.8 Å². The second-order valence-electron chi connectivity index (χ2n) is 7.00. The average molecular weight is 510 g/mol. The number of rotatable bonds is 8. The van der Waals surface area contributed by atoms with E-state index < -0.39 is 11.8 Å². The fourth-order valence-electron chi connectivity index (χ4n) is 3.00. The molecule has 33 heavy (non-hydrogen) atoms. The van der Waals surface area contributed by atoms with Gasteiger partial charge in [-0.2, -0.15) is 5.10 Å². The van der Waals surface area contributed by atoms with Gasteiger partial charge in [0, 0.05) is 15.6 Å². The fraction of sp³-hybridized carbons (Fsp3) is 0.125. The van der Waals surface area contributed by atoms with Gasteiger partial charge in [-0.05, 0) is 42.0 Å². The molecule has 1 heterocycles. The van der Waals surface area contributed by atoms with Gasteiger partial charge in [-0.3, -0.25) is 9.59 Å². The van der Waals surface area contributed by atoms with Crippen LogP contribution < -0.4 is 25.0 Å². The first-order valence-electron chi connectivity index (χ1n) is 10.0. The molecule has 4 rings (SSSR count). The van der Waals surface area contributed by atoms with Crippen molar-refractivity contribution in [1.82, 2.24) is 10.7 Å². The molecule has 0 radical (unpaired) electrons. The lowest BCUT2D eigenvalue weighted by Gasteiger charge is -2.10. The molecule has 1 aliphatic heterocycles. The van der Waals surface area contributed by atoms with Crippen molar-refractivity contribution in [2.45, 2.75) is 6.61 Å². The minimum atomic E-state index is -0.470. The Balaban J connectivity index is 1.29. The maximum atomic E-state index is 12.3. The van der Waals surface area contributed by atoms with Crippen LogP contribution in [0.1, 0.15) is 21.5 Å². The minimum Gasteiger partial charge on any atom is -0.488 e. The minimum absolute atomic E-state index is 0.123. The zero-order chi connectivity index (χ0) is 23.0. The summed E-state index contributed by atoms with van der Waals surface area (Å²) >= 11 is 3.43. The summed E-state index contributed by atoms with van der Waals surface area (Å²) in [5.41, 5.74) is 4.49. The van der Waals surface area contributed by atoms with Crippen molar-refractivity contribution in [3.8, 4) is 17.2 Å². The van der Waals surface area contributed by atoms with E-state index in [2.05, 4.69) is 31.8 Å². The molecular formula is C24H20BrN3O5. The molecule has 3 aromatic carbocycles. The van der Waals surface area contributed by atoms with E-state index in [9.17, 15) is 9.59 Å². The molecule has 0 unspecified atom stereocenters. The Hall–Kier alpha value is -3.85. The highest BCUT2D eigenvalue weighted by atomic mass is 79.9. The topological polar surface area (TPSA) is 98.3 Å². The van der Waals surface area contributed by atoms with Crippen LogP contribution in [0.3, 0.4) is 0 Å². The van der Waals surface area contributed by atoms with Gasteiger partial charge in [0.2, 0.25) is 6.79 Å². The summed E-state index contributed by atoms with van der Waals surface area (Å²) in [5, 5.41) is 6.53. The molecule has 0 aromatic heterocycles. The highest BCUT2D eigenvalue weighted by molar-refractivity contribution is 9.10.